The molecule has 2 rings (SSSR count). The Morgan fingerprint density at radius 3 is 2.60 bits per heavy atom. The van der Waals surface area contributed by atoms with Crippen molar-refractivity contribution in [3.05, 3.63) is 35.8 Å². The van der Waals surface area contributed by atoms with Crippen molar-refractivity contribution in [3.8, 4) is 0 Å². The molecule has 2 heterocycles. The van der Waals surface area contributed by atoms with Crippen LogP contribution in [0.5, 0.6) is 0 Å². The van der Waals surface area contributed by atoms with Gasteiger partial charge in [0.2, 0.25) is 0 Å². The van der Waals surface area contributed by atoms with Crippen LogP contribution in [0.4, 0.5) is 11.5 Å². The summed E-state index contributed by atoms with van der Waals surface area (Å²) >= 11 is 0. The maximum atomic E-state index is 4.30. The Morgan fingerprint density at radius 2 is 2.00 bits per heavy atom. The number of hydrogen-bond acceptors (Lipinski definition) is 3. The van der Waals surface area contributed by atoms with Crippen LogP contribution in [0, 0.1) is 13.8 Å². The third-order valence-corrected chi connectivity index (χ3v) is 2.35. The molecule has 0 aromatic carbocycles. The fourth-order valence-corrected chi connectivity index (χ4v) is 1.33. The Kier molecular flexibility index (Phi) is 2.41. The van der Waals surface area contributed by atoms with Crippen LogP contribution in [0.15, 0.2) is 24.7 Å². The van der Waals surface area contributed by atoms with Crippen LogP contribution >= 0.6 is 0 Å². The first-order valence-electron chi connectivity index (χ1n) is 4.84. The van der Waals surface area contributed by atoms with Crippen LogP contribution in [-0.2, 0) is 7.05 Å². The molecule has 4 nitrogen and oxygen atoms in total. The van der Waals surface area contributed by atoms with Gasteiger partial charge in [0, 0.05) is 19.4 Å². The third kappa shape index (κ3) is 2.15. The molecule has 0 unspecified atom stereocenters. The van der Waals surface area contributed by atoms with Crippen molar-refractivity contribution in [2.75, 3.05) is 5.32 Å². The molecular formula is C11H14N4. The summed E-state index contributed by atoms with van der Waals surface area (Å²) in [5.41, 5.74) is 3.39. The van der Waals surface area contributed by atoms with Crippen LogP contribution in [0.3, 0.4) is 0 Å². The lowest BCUT2D eigenvalue weighted by atomic mass is 10.2. The maximum absolute atomic E-state index is 4.30. The van der Waals surface area contributed by atoms with Crippen molar-refractivity contribution in [2.45, 2.75) is 13.8 Å². The highest BCUT2D eigenvalue weighted by Crippen LogP contribution is 2.15. The van der Waals surface area contributed by atoms with Gasteiger partial charge in [-0.1, -0.05) is 0 Å². The van der Waals surface area contributed by atoms with E-state index in [1.807, 2.05) is 25.5 Å². The summed E-state index contributed by atoms with van der Waals surface area (Å²) in [6.45, 7) is 4.13. The Bertz CT molecular complexity index is 473. The summed E-state index contributed by atoms with van der Waals surface area (Å²) in [4.78, 5) is 4.30. The predicted molar refractivity (Wildman–Crippen MR) is 60.2 cm³/mol. The Morgan fingerprint density at radius 1 is 1.20 bits per heavy atom. The van der Waals surface area contributed by atoms with E-state index in [4.69, 9.17) is 0 Å². The molecule has 4 heteroatoms. The van der Waals surface area contributed by atoms with Crippen molar-refractivity contribution >= 4 is 11.5 Å². The molecule has 15 heavy (non-hydrogen) atoms. The molecule has 0 aliphatic rings. The zero-order valence-corrected chi connectivity index (χ0v) is 9.15. The van der Waals surface area contributed by atoms with E-state index in [2.05, 4.69) is 29.2 Å². The van der Waals surface area contributed by atoms with Crippen molar-refractivity contribution in [1.82, 2.24) is 14.8 Å². The van der Waals surface area contributed by atoms with E-state index >= 15 is 0 Å². The topological polar surface area (TPSA) is 42.7 Å². The standard InChI is InChI=1S/C11H14N4/c1-8-4-11(12-5-9(8)2)14-10-6-13-15(3)7-10/h4-7H,1-3H3,(H,12,14). The van der Waals surface area contributed by atoms with Gasteiger partial charge in [0.15, 0.2) is 0 Å². The molecule has 0 aliphatic heterocycles. The minimum atomic E-state index is 0.853. The fraction of sp³-hybridized carbons (Fsp3) is 0.273. The Balaban J connectivity index is 2.21. The molecule has 2 aromatic rings. The first-order valence-corrected chi connectivity index (χ1v) is 4.84. The van der Waals surface area contributed by atoms with Gasteiger partial charge in [0.05, 0.1) is 11.9 Å². The first kappa shape index (κ1) is 9.71. The number of aryl methyl sites for hydroxylation is 3. The molecule has 0 amide bonds. The fourth-order valence-electron chi connectivity index (χ4n) is 1.33. The zero-order chi connectivity index (χ0) is 10.8. The largest absolute Gasteiger partial charge is 0.338 e. The third-order valence-electron chi connectivity index (χ3n) is 2.35. The van der Waals surface area contributed by atoms with E-state index in [0.717, 1.165) is 11.5 Å². The smallest absolute Gasteiger partial charge is 0.130 e. The van der Waals surface area contributed by atoms with Gasteiger partial charge >= 0.3 is 0 Å². The highest BCUT2D eigenvalue weighted by atomic mass is 15.3. The molecule has 0 fully saturated rings. The number of nitrogens with zero attached hydrogens (tertiary/aromatic N) is 3. The highest BCUT2D eigenvalue weighted by Gasteiger charge is 1.99. The summed E-state index contributed by atoms with van der Waals surface area (Å²) in [6.07, 6.45) is 5.56. The van der Waals surface area contributed by atoms with E-state index in [1.54, 1.807) is 10.9 Å². The number of anilines is 2. The minimum absolute atomic E-state index is 0.853. The van der Waals surface area contributed by atoms with Crippen LogP contribution < -0.4 is 5.32 Å². The normalized spacial score (nSPS) is 10.3. The predicted octanol–water partition coefficient (Wildman–Crippen LogP) is 2.18. The van der Waals surface area contributed by atoms with Gasteiger partial charge in [0.25, 0.3) is 0 Å². The molecule has 0 spiro atoms. The van der Waals surface area contributed by atoms with Crippen molar-refractivity contribution in [1.29, 1.82) is 0 Å². The summed E-state index contributed by atoms with van der Waals surface area (Å²) in [5, 5.41) is 7.28. The van der Waals surface area contributed by atoms with E-state index in [9.17, 15) is 0 Å². The number of pyridine rings is 1. The van der Waals surface area contributed by atoms with Crippen molar-refractivity contribution in [2.24, 2.45) is 7.05 Å². The average molecular weight is 202 g/mol. The van der Waals surface area contributed by atoms with Gasteiger partial charge in [-0.05, 0) is 31.0 Å². The molecule has 0 bridgehead atoms. The van der Waals surface area contributed by atoms with Gasteiger partial charge in [-0.15, -0.1) is 0 Å². The number of rotatable bonds is 2. The second-order valence-electron chi connectivity index (χ2n) is 3.68. The number of aromatic nitrogens is 3. The summed E-state index contributed by atoms with van der Waals surface area (Å²) in [6, 6.07) is 2.03. The first-order chi connectivity index (χ1) is 7.15. The molecule has 1 N–H and O–H groups in total. The minimum Gasteiger partial charge on any atom is -0.338 e. The quantitative estimate of drug-likeness (QED) is 0.811. The Labute approximate surface area is 89.0 Å². The van der Waals surface area contributed by atoms with E-state index < -0.39 is 0 Å². The van der Waals surface area contributed by atoms with Crippen LogP contribution in [-0.4, -0.2) is 14.8 Å². The molecule has 78 valence electrons. The summed E-state index contributed by atoms with van der Waals surface area (Å²) in [7, 11) is 1.89. The Hall–Kier alpha value is -1.84. The zero-order valence-electron chi connectivity index (χ0n) is 9.15. The number of nitrogens with one attached hydrogen (secondary N) is 1. The molecule has 0 saturated heterocycles. The van der Waals surface area contributed by atoms with E-state index in [-0.39, 0.29) is 0 Å². The summed E-state index contributed by atoms with van der Waals surface area (Å²) in [5.74, 6) is 0.853. The van der Waals surface area contributed by atoms with E-state index in [1.165, 1.54) is 11.1 Å². The highest BCUT2D eigenvalue weighted by molar-refractivity contribution is 5.54. The lowest BCUT2D eigenvalue weighted by molar-refractivity contribution is 0.768. The van der Waals surface area contributed by atoms with E-state index in [0.29, 0.717) is 0 Å². The second kappa shape index (κ2) is 3.73. The molecule has 2 aromatic heterocycles. The average Bonchev–Trinajstić information content (AvgIpc) is 2.58. The lowest BCUT2D eigenvalue weighted by Crippen LogP contribution is -1.94. The van der Waals surface area contributed by atoms with Gasteiger partial charge in [0.1, 0.15) is 5.82 Å². The SMILES string of the molecule is Cc1cnc(Nc2cnn(C)c2)cc1C. The van der Waals surface area contributed by atoms with Gasteiger partial charge in [-0.2, -0.15) is 5.10 Å². The number of hydrogen-bond donors (Lipinski definition) is 1. The van der Waals surface area contributed by atoms with Crippen LogP contribution in [0.25, 0.3) is 0 Å². The van der Waals surface area contributed by atoms with Crippen molar-refractivity contribution < 1.29 is 0 Å². The van der Waals surface area contributed by atoms with Gasteiger partial charge < -0.3 is 5.32 Å². The monoisotopic (exact) mass is 202 g/mol. The molecule has 0 atom stereocenters. The lowest BCUT2D eigenvalue weighted by Gasteiger charge is -2.04. The molecule has 0 saturated carbocycles. The van der Waals surface area contributed by atoms with Gasteiger partial charge in [-0.25, -0.2) is 4.98 Å². The van der Waals surface area contributed by atoms with Crippen LogP contribution in [0.2, 0.25) is 0 Å². The second-order valence-corrected chi connectivity index (χ2v) is 3.68. The summed E-state index contributed by atoms with van der Waals surface area (Å²) < 4.78 is 1.75. The molecular weight excluding hydrogens is 188 g/mol. The van der Waals surface area contributed by atoms with Gasteiger partial charge in [-0.3, -0.25) is 4.68 Å². The maximum Gasteiger partial charge on any atom is 0.130 e. The van der Waals surface area contributed by atoms with Crippen LogP contribution in [0.1, 0.15) is 11.1 Å². The molecule has 0 aliphatic carbocycles. The molecule has 0 radical (unpaired) electrons. The van der Waals surface area contributed by atoms with Crippen molar-refractivity contribution in [3.63, 3.8) is 0 Å².